The number of aromatic amines is 1. The van der Waals surface area contributed by atoms with Crippen molar-refractivity contribution < 1.29 is 31.1 Å². The number of aromatic nitrogens is 3. The molecule has 3 aromatic heterocycles. The summed E-state index contributed by atoms with van der Waals surface area (Å²) in [6.07, 6.45) is -7.47. The van der Waals surface area contributed by atoms with E-state index in [1.165, 1.54) is 6.92 Å². The molecule has 3 aromatic rings. The van der Waals surface area contributed by atoms with E-state index in [1.54, 1.807) is 0 Å². The summed E-state index contributed by atoms with van der Waals surface area (Å²) >= 11 is 0.627. The van der Waals surface area contributed by atoms with Gasteiger partial charge in [-0.2, -0.15) is 17.6 Å². The molecule has 0 unspecified atom stereocenters. The fourth-order valence-electron chi connectivity index (χ4n) is 2.67. The highest BCUT2D eigenvalue weighted by atomic mass is 32.1. The second-order valence-corrected chi connectivity index (χ2v) is 6.91. The van der Waals surface area contributed by atoms with Crippen LogP contribution in [-0.2, 0) is 11.3 Å². The average molecular weight is 437 g/mol. The number of alkyl halides is 5. The highest BCUT2D eigenvalue weighted by molar-refractivity contribution is 7.22. The van der Waals surface area contributed by atoms with Crippen LogP contribution in [0.4, 0.5) is 26.3 Å². The summed E-state index contributed by atoms with van der Waals surface area (Å²) in [5.74, 6) is -3.61. The van der Waals surface area contributed by atoms with Crippen LogP contribution in [-0.4, -0.2) is 26.5 Å². The van der Waals surface area contributed by atoms with Gasteiger partial charge < -0.3 is 0 Å². The van der Waals surface area contributed by atoms with Gasteiger partial charge in [0.2, 0.25) is 5.95 Å². The minimum absolute atomic E-state index is 0.0269. The molecule has 0 fully saturated rings. The van der Waals surface area contributed by atoms with Gasteiger partial charge in [0, 0.05) is 16.6 Å². The van der Waals surface area contributed by atoms with Crippen LogP contribution in [0.1, 0.15) is 17.6 Å². The Bertz CT molecular complexity index is 1240. The molecule has 0 bridgehead atoms. The maximum Gasteiger partial charge on any atom is 0.451 e. The van der Waals surface area contributed by atoms with Crippen molar-refractivity contribution in [3.8, 4) is 10.4 Å². The van der Waals surface area contributed by atoms with Crippen molar-refractivity contribution in [2.75, 3.05) is 0 Å². The molecule has 0 atom stereocenters. The van der Waals surface area contributed by atoms with Gasteiger partial charge in [-0.1, -0.05) is 0 Å². The monoisotopic (exact) mass is 437 g/mol. The fourth-order valence-corrected chi connectivity index (χ4v) is 3.95. The molecule has 0 spiro atoms. The second-order valence-electron chi connectivity index (χ2n) is 5.91. The van der Waals surface area contributed by atoms with E-state index in [0.717, 1.165) is 12.3 Å². The Hall–Kier alpha value is -2.96. The summed E-state index contributed by atoms with van der Waals surface area (Å²) < 4.78 is 77.6. The smallest absolute Gasteiger partial charge is 0.288 e. The molecule has 0 saturated carbocycles. The van der Waals surface area contributed by atoms with E-state index >= 15 is 0 Å². The van der Waals surface area contributed by atoms with Gasteiger partial charge in [-0.3, -0.25) is 19.1 Å². The topological polar surface area (TPSA) is 84.8 Å². The van der Waals surface area contributed by atoms with Crippen molar-refractivity contribution in [2.45, 2.75) is 26.1 Å². The number of pyridine rings is 1. The molecule has 29 heavy (non-hydrogen) atoms. The molecule has 0 aliphatic heterocycles. The van der Waals surface area contributed by atoms with Crippen molar-refractivity contribution in [2.24, 2.45) is 0 Å². The number of halogens is 6. The number of rotatable bonds is 4. The van der Waals surface area contributed by atoms with Crippen LogP contribution in [0, 0.1) is 12.9 Å². The van der Waals surface area contributed by atoms with Crippen LogP contribution in [0.25, 0.3) is 20.7 Å². The number of H-pyrrole nitrogens is 1. The summed E-state index contributed by atoms with van der Waals surface area (Å²) in [5, 5.41) is -0.192. The third-order valence-corrected chi connectivity index (χ3v) is 5.41. The number of nitrogens with one attached hydrogen (secondary N) is 1. The van der Waals surface area contributed by atoms with E-state index in [4.69, 9.17) is 0 Å². The van der Waals surface area contributed by atoms with E-state index in [2.05, 4.69) is 4.98 Å². The van der Waals surface area contributed by atoms with Gasteiger partial charge in [0.05, 0.1) is 17.5 Å². The Morgan fingerprint density at radius 3 is 2.55 bits per heavy atom. The summed E-state index contributed by atoms with van der Waals surface area (Å²) in [4.78, 5) is 40.4. The van der Waals surface area contributed by atoms with Crippen molar-refractivity contribution in [3.63, 3.8) is 0 Å². The lowest BCUT2D eigenvalue weighted by molar-refractivity contribution is -0.171. The van der Waals surface area contributed by atoms with Crippen molar-refractivity contribution in [1.82, 2.24) is 14.5 Å². The zero-order valence-electron chi connectivity index (χ0n) is 14.2. The molecule has 0 saturated heterocycles. The molecule has 13 heteroatoms. The molecule has 0 aliphatic carbocycles. The first-order valence-corrected chi connectivity index (χ1v) is 8.53. The van der Waals surface area contributed by atoms with Crippen LogP contribution >= 0.6 is 11.3 Å². The summed E-state index contributed by atoms with van der Waals surface area (Å²) in [6, 6.07) is 0.794. The fraction of sp³-hybridized carbons (Fsp3) is 0.250. The molecule has 0 radical (unpaired) electrons. The zero-order chi connectivity index (χ0) is 21.7. The van der Waals surface area contributed by atoms with Gasteiger partial charge in [-0.05, 0) is 18.6 Å². The molecule has 0 amide bonds. The van der Waals surface area contributed by atoms with Crippen LogP contribution < -0.4 is 11.2 Å². The third kappa shape index (κ3) is 3.69. The number of fused-ring (bicyclic) bond motifs is 1. The third-order valence-electron chi connectivity index (χ3n) is 4.05. The van der Waals surface area contributed by atoms with Crippen LogP contribution in [0.3, 0.4) is 0 Å². The van der Waals surface area contributed by atoms with Gasteiger partial charge in [-0.15, -0.1) is 11.3 Å². The summed E-state index contributed by atoms with van der Waals surface area (Å²) in [5.41, 5.74) is -3.05. The molecule has 154 valence electrons. The van der Waals surface area contributed by atoms with Gasteiger partial charge >= 0.3 is 11.9 Å². The number of nitrogens with zero attached hydrogens (tertiary/aromatic N) is 2. The number of hydrogen-bond donors (Lipinski definition) is 1. The first kappa shape index (κ1) is 20.8. The summed E-state index contributed by atoms with van der Waals surface area (Å²) in [7, 11) is 0. The summed E-state index contributed by atoms with van der Waals surface area (Å²) in [6.45, 7) is -0.00579. The molecule has 0 aromatic carbocycles. The molecular weight excluding hydrogens is 428 g/mol. The van der Waals surface area contributed by atoms with Crippen molar-refractivity contribution in [3.05, 3.63) is 50.2 Å². The normalized spacial score (nSPS) is 12.1. The van der Waals surface area contributed by atoms with E-state index in [9.17, 15) is 40.7 Å². The number of ketones is 1. The van der Waals surface area contributed by atoms with E-state index in [1.807, 2.05) is 4.98 Å². The van der Waals surface area contributed by atoms with Gasteiger partial charge in [0.1, 0.15) is 4.83 Å². The van der Waals surface area contributed by atoms with Crippen molar-refractivity contribution in [1.29, 1.82) is 0 Å². The Kier molecular flexibility index (Phi) is 5.11. The lowest BCUT2D eigenvalue weighted by atomic mass is 10.1. The Morgan fingerprint density at radius 2 is 1.97 bits per heavy atom. The molecular formula is C16H9F6N3O3S. The van der Waals surface area contributed by atoms with Gasteiger partial charge in [-0.25, -0.2) is 18.6 Å². The van der Waals surface area contributed by atoms with Crippen LogP contribution in [0.5, 0.6) is 0 Å². The quantitative estimate of drug-likeness (QED) is 0.501. The number of thiophene rings is 1. The maximum absolute atomic E-state index is 13.4. The van der Waals surface area contributed by atoms with Gasteiger partial charge in [0.15, 0.2) is 0 Å². The van der Waals surface area contributed by atoms with Crippen molar-refractivity contribution >= 4 is 27.3 Å². The largest absolute Gasteiger partial charge is 0.451 e. The standard InChI is InChI=1S/C16H9F6N3O3S/c1-5-9-13(27)24-15(28)25(4-8(26)16(20,21)22)14(9)29-10(5)6-2-7(11(17)18)12(19)23-3-6/h2-3,11H,4H2,1H3,(H,24,27,28). The van der Waals surface area contributed by atoms with E-state index < -0.39 is 47.7 Å². The average Bonchev–Trinajstić information content (AvgIpc) is 2.95. The Labute approximate surface area is 160 Å². The molecule has 0 aliphatic rings. The first-order chi connectivity index (χ1) is 13.4. The zero-order valence-corrected chi connectivity index (χ0v) is 15.1. The van der Waals surface area contributed by atoms with Crippen LogP contribution in [0.2, 0.25) is 0 Å². The highest BCUT2D eigenvalue weighted by Crippen LogP contribution is 2.37. The predicted molar refractivity (Wildman–Crippen MR) is 90.7 cm³/mol. The number of Topliss-reactive ketones (excluding diaryl/α,β-unsaturated/α-hetero) is 1. The lowest BCUT2D eigenvalue weighted by Crippen LogP contribution is -2.36. The number of aryl methyl sites for hydroxylation is 1. The number of carbonyl (C=O) groups excluding carboxylic acids is 1. The highest BCUT2D eigenvalue weighted by Gasteiger charge is 2.38. The Balaban J connectivity index is 2.27. The first-order valence-electron chi connectivity index (χ1n) is 7.72. The minimum atomic E-state index is -5.20. The molecule has 3 rings (SSSR count). The Morgan fingerprint density at radius 1 is 1.31 bits per heavy atom. The van der Waals surface area contributed by atoms with Crippen LogP contribution in [0.15, 0.2) is 21.9 Å². The predicted octanol–water partition coefficient (Wildman–Crippen LogP) is 3.33. The number of hydrogen-bond acceptors (Lipinski definition) is 5. The molecule has 1 N–H and O–H groups in total. The van der Waals surface area contributed by atoms with E-state index in [0.29, 0.717) is 15.9 Å². The lowest BCUT2D eigenvalue weighted by Gasteiger charge is -2.08. The second kappa shape index (κ2) is 7.13. The minimum Gasteiger partial charge on any atom is -0.288 e. The number of carbonyl (C=O) groups is 1. The maximum atomic E-state index is 13.4. The molecule has 6 nitrogen and oxygen atoms in total. The molecule has 3 heterocycles. The SMILES string of the molecule is Cc1c(-c2cnc(F)c(C(F)F)c2)sc2c1c(=O)[nH]c(=O)n2CC(=O)C(F)(F)F. The van der Waals surface area contributed by atoms with E-state index in [-0.39, 0.29) is 26.2 Å². The van der Waals surface area contributed by atoms with Gasteiger partial charge in [0.25, 0.3) is 17.8 Å².